The summed E-state index contributed by atoms with van der Waals surface area (Å²) >= 11 is 0. The van der Waals surface area contributed by atoms with Crippen LogP contribution in [0.5, 0.6) is 5.75 Å². The van der Waals surface area contributed by atoms with Crippen LogP contribution in [0.4, 0.5) is 5.69 Å². The Balaban J connectivity index is 1.54. The van der Waals surface area contributed by atoms with E-state index in [0.717, 1.165) is 44.0 Å². The van der Waals surface area contributed by atoms with Crippen molar-refractivity contribution in [2.45, 2.75) is 19.4 Å². The number of Topliss-reactive ketones (excluding diaryl/α,β-unsaturated/α-hetero) is 1. The van der Waals surface area contributed by atoms with E-state index >= 15 is 0 Å². The lowest BCUT2D eigenvalue weighted by Crippen LogP contribution is -2.46. The summed E-state index contributed by atoms with van der Waals surface area (Å²) in [6.45, 7) is 7.44. The Hall–Kier alpha value is -2.40. The van der Waals surface area contributed by atoms with E-state index in [-0.39, 0.29) is 11.9 Å². The monoisotopic (exact) mass is 337 g/mol. The number of anilines is 1. The number of carbonyl (C=O) groups excluding carboxylic acids is 1. The molecule has 4 rings (SSSR count). The average molecular weight is 337 g/mol. The molecular weight excluding hydrogens is 314 g/mol. The van der Waals surface area contributed by atoms with Crippen molar-refractivity contribution in [1.82, 2.24) is 9.88 Å². The van der Waals surface area contributed by atoms with E-state index in [0.29, 0.717) is 17.7 Å². The Bertz CT molecular complexity index is 755. The Labute approximate surface area is 148 Å². The third kappa shape index (κ3) is 3.24. The van der Waals surface area contributed by atoms with Crippen molar-refractivity contribution < 1.29 is 9.53 Å². The summed E-state index contributed by atoms with van der Waals surface area (Å²) in [7, 11) is 0. The third-order valence-electron chi connectivity index (χ3n) is 5.14. The minimum absolute atomic E-state index is 0.143. The van der Waals surface area contributed by atoms with Crippen molar-refractivity contribution in [2.24, 2.45) is 0 Å². The molecule has 0 bridgehead atoms. The van der Waals surface area contributed by atoms with Gasteiger partial charge in [0, 0.05) is 49.8 Å². The highest BCUT2D eigenvalue weighted by molar-refractivity contribution is 6.00. The van der Waals surface area contributed by atoms with Gasteiger partial charge in [-0.05, 0) is 30.8 Å². The molecule has 1 aromatic carbocycles. The average Bonchev–Trinajstić information content (AvgIpc) is 2.68. The molecule has 2 aromatic rings. The van der Waals surface area contributed by atoms with Gasteiger partial charge >= 0.3 is 0 Å². The van der Waals surface area contributed by atoms with Gasteiger partial charge in [-0.1, -0.05) is 13.0 Å². The Kier molecular flexibility index (Phi) is 4.40. The fourth-order valence-electron chi connectivity index (χ4n) is 3.58. The normalized spacial score (nSPS) is 20.9. The first kappa shape index (κ1) is 16.1. The predicted octanol–water partition coefficient (Wildman–Crippen LogP) is 2.93. The number of pyridine rings is 1. The standard InChI is InChI=1S/C20H23N3O2/c1-2-22-8-10-23(11-9-22)16-5-6-19-17(12-16)18(24)13-20(25-19)15-4-3-7-21-14-15/h3-7,12,14,20H,2,8-11,13H2,1H3. The lowest BCUT2D eigenvalue weighted by molar-refractivity contribution is 0.0850. The highest BCUT2D eigenvalue weighted by atomic mass is 16.5. The number of rotatable bonds is 3. The van der Waals surface area contributed by atoms with Gasteiger partial charge in [-0.3, -0.25) is 9.78 Å². The predicted molar refractivity (Wildman–Crippen MR) is 97.3 cm³/mol. The Morgan fingerprint density at radius 3 is 2.76 bits per heavy atom. The van der Waals surface area contributed by atoms with E-state index in [2.05, 4.69) is 27.8 Å². The topological polar surface area (TPSA) is 45.7 Å². The fourth-order valence-corrected chi connectivity index (χ4v) is 3.58. The number of carbonyl (C=O) groups is 1. The first-order valence-electron chi connectivity index (χ1n) is 8.95. The second-order valence-corrected chi connectivity index (χ2v) is 6.62. The quantitative estimate of drug-likeness (QED) is 0.862. The first-order chi connectivity index (χ1) is 12.2. The molecule has 2 aliphatic heterocycles. The maximum absolute atomic E-state index is 12.7. The molecule has 1 atom stereocenters. The number of hydrogen-bond donors (Lipinski definition) is 0. The number of ether oxygens (including phenoxy) is 1. The molecular formula is C20H23N3O2. The van der Waals surface area contributed by atoms with Crippen molar-refractivity contribution in [3.63, 3.8) is 0 Å². The van der Waals surface area contributed by atoms with Crippen LogP contribution in [0.25, 0.3) is 0 Å². The van der Waals surface area contributed by atoms with Gasteiger partial charge in [0.1, 0.15) is 11.9 Å². The fraction of sp³-hybridized carbons (Fsp3) is 0.400. The van der Waals surface area contributed by atoms with Crippen molar-refractivity contribution in [2.75, 3.05) is 37.6 Å². The molecule has 1 aromatic heterocycles. The van der Waals surface area contributed by atoms with E-state index in [1.165, 1.54) is 0 Å². The lowest BCUT2D eigenvalue weighted by atomic mass is 9.96. The van der Waals surface area contributed by atoms with E-state index in [1.807, 2.05) is 24.3 Å². The second kappa shape index (κ2) is 6.84. The summed E-state index contributed by atoms with van der Waals surface area (Å²) < 4.78 is 6.08. The van der Waals surface area contributed by atoms with Gasteiger partial charge in [0.05, 0.1) is 12.0 Å². The van der Waals surface area contributed by atoms with Crippen LogP contribution in [0.15, 0.2) is 42.7 Å². The van der Waals surface area contributed by atoms with Crippen molar-refractivity contribution in [1.29, 1.82) is 0 Å². The zero-order chi connectivity index (χ0) is 17.2. The minimum Gasteiger partial charge on any atom is -0.484 e. The molecule has 0 aliphatic carbocycles. The van der Waals surface area contributed by atoms with Gasteiger partial charge < -0.3 is 14.5 Å². The maximum atomic E-state index is 12.7. The third-order valence-corrected chi connectivity index (χ3v) is 5.14. The summed E-state index contributed by atoms with van der Waals surface area (Å²) in [5.41, 5.74) is 2.77. The molecule has 1 fully saturated rings. The van der Waals surface area contributed by atoms with Crippen LogP contribution in [0.1, 0.15) is 35.4 Å². The Morgan fingerprint density at radius 1 is 1.20 bits per heavy atom. The molecule has 0 spiro atoms. The first-order valence-corrected chi connectivity index (χ1v) is 8.95. The van der Waals surface area contributed by atoms with Crippen LogP contribution in [0, 0.1) is 0 Å². The van der Waals surface area contributed by atoms with Crippen molar-refractivity contribution in [3.05, 3.63) is 53.9 Å². The van der Waals surface area contributed by atoms with Gasteiger partial charge in [-0.2, -0.15) is 0 Å². The van der Waals surface area contributed by atoms with E-state index in [4.69, 9.17) is 4.74 Å². The molecule has 25 heavy (non-hydrogen) atoms. The number of likely N-dealkylation sites (N-methyl/N-ethyl adjacent to an activating group) is 1. The molecule has 2 aliphatic rings. The molecule has 3 heterocycles. The summed E-state index contributed by atoms with van der Waals surface area (Å²) in [6.07, 6.45) is 3.62. The molecule has 0 saturated carbocycles. The van der Waals surface area contributed by atoms with Crippen LogP contribution in [0.3, 0.4) is 0 Å². The number of aromatic nitrogens is 1. The summed E-state index contributed by atoms with van der Waals surface area (Å²) in [5, 5.41) is 0. The second-order valence-electron chi connectivity index (χ2n) is 6.62. The summed E-state index contributed by atoms with van der Waals surface area (Å²) in [5.74, 6) is 0.824. The molecule has 130 valence electrons. The van der Waals surface area contributed by atoms with E-state index in [1.54, 1.807) is 12.4 Å². The zero-order valence-electron chi connectivity index (χ0n) is 14.5. The highest BCUT2D eigenvalue weighted by Gasteiger charge is 2.28. The lowest BCUT2D eigenvalue weighted by Gasteiger charge is -2.36. The van der Waals surface area contributed by atoms with Crippen molar-refractivity contribution in [3.8, 4) is 5.75 Å². The smallest absolute Gasteiger partial charge is 0.170 e. The van der Waals surface area contributed by atoms with Gasteiger partial charge in [-0.25, -0.2) is 0 Å². The van der Waals surface area contributed by atoms with Crippen LogP contribution >= 0.6 is 0 Å². The Morgan fingerprint density at radius 2 is 2.04 bits per heavy atom. The van der Waals surface area contributed by atoms with Gasteiger partial charge in [0.25, 0.3) is 0 Å². The number of fused-ring (bicyclic) bond motifs is 1. The molecule has 0 N–H and O–H groups in total. The largest absolute Gasteiger partial charge is 0.484 e. The van der Waals surface area contributed by atoms with Crippen molar-refractivity contribution >= 4 is 11.5 Å². The molecule has 0 amide bonds. The van der Waals surface area contributed by atoms with Gasteiger partial charge in [0.15, 0.2) is 5.78 Å². The number of ketones is 1. The minimum atomic E-state index is -0.243. The van der Waals surface area contributed by atoms with E-state index < -0.39 is 0 Å². The highest BCUT2D eigenvalue weighted by Crippen LogP contribution is 2.36. The molecule has 5 nitrogen and oxygen atoms in total. The number of benzene rings is 1. The maximum Gasteiger partial charge on any atom is 0.170 e. The van der Waals surface area contributed by atoms with E-state index in [9.17, 15) is 4.79 Å². The zero-order valence-corrected chi connectivity index (χ0v) is 14.5. The molecule has 5 heteroatoms. The van der Waals surface area contributed by atoms with Gasteiger partial charge in [0.2, 0.25) is 0 Å². The van der Waals surface area contributed by atoms with Crippen LogP contribution in [0.2, 0.25) is 0 Å². The van der Waals surface area contributed by atoms with Gasteiger partial charge in [-0.15, -0.1) is 0 Å². The summed E-state index contributed by atoms with van der Waals surface area (Å²) in [4.78, 5) is 21.6. The van der Waals surface area contributed by atoms with Crippen LogP contribution < -0.4 is 9.64 Å². The van der Waals surface area contributed by atoms with Crippen LogP contribution in [-0.4, -0.2) is 48.4 Å². The number of piperazine rings is 1. The number of hydrogen-bond acceptors (Lipinski definition) is 5. The number of nitrogens with zero attached hydrogens (tertiary/aromatic N) is 3. The molecule has 1 saturated heterocycles. The SMILES string of the molecule is CCN1CCN(c2ccc3c(c2)C(=O)CC(c2cccnc2)O3)CC1. The summed E-state index contributed by atoms with van der Waals surface area (Å²) in [6, 6.07) is 9.84. The molecule has 1 unspecified atom stereocenters. The van der Waals surface area contributed by atoms with Crippen LogP contribution in [-0.2, 0) is 0 Å². The molecule has 0 radical (unpaired) electrons.